The Bertz CT molecular complexity index is 1150. The monoisotopic (exact) mass is 429 g/mol. The minimum Gasteiger partial charge on any atom is -0.339 e. The molecule has 8 nitrogen and oxygen atoms in total. The van der Waals surface area contributed by atoms with Gasteiger partial charge in [-0.25, -0.2) is 22.2 Å². The molecule has 10 heteroatoms. The molecule has 0 aliphatic carbocycles. The molecule has 156 valence electrons. The van der Waals surface area contributed by atoms with Crippen molar-refractivity contribution in [1.29, 1.82) is 0 Å². The van der Waals surface area contributed by atoms with Crippen molar-refractivity contribution in [3.05, 3.63) is 66.6 Å². The lowest BCUT2D eigenvalue weighted by atomic mass is 10.2. The zero-order chi connectivity index (χ0) is 21.1. The van der Waals surface area contributed by atoms with Crippen LogP contribution in [0, 0.1) is 5.82 Å². The van der Waals surface area contributed by atoms with Gasteiger partial charge in [-0.1, -0.05) is 41.6 Å². The highest BCUT2D eigenvalue weighted by Crippen LogP contribution is 2.23. The molecule has 1 amide bonds. The second-order valence-electron chi connectivity index (χ2n) is 7.01. The predicted octanol–water partition coefficient (Wildman–Crippen LogP) is 1.84. The molecule has 1 aromatic heterocycles. The van der Waals surface area contributed by atoms with Crippen molar-refractivity contribution in [2.24, 2.45) is 0 Å². The summed E-state index contributed by atoms with van der Waals surface area (Å²) in [4.78, 5) is 13.8. The number of aromatic nitrogens is 3. The van der Waals surface area contributed by atoms with Gasteiger partial charge in [0.2, 0.25) is 15.9 Å². The lowest BCUT2D eigenvalue weighted by Gasteiger charge is -2.17. The zero-order valence-corrected chi connectivity index (χ0v) is 16.8. The lowest BCUT2D eigenvalue weighted by molar-refractivity contribution is -0.129. The standard InChI is InChI=1S/C20H20FN5O3S/c21-16-7-4-8-18(11-16)30(28,29)22-12-20(27)25-10-9-17(13-25)26-14-19(23-24-26)15-5-2-1-3-6-15/h1-8,11,14,17,22H,9-10,12-13H2/t17-/m1/s1. The number of sulfonamides is 1. The summed E-state index contributed by atoms with van der Waals surface area (Å²) in [7, 11) is -3.97. The van der Waals surface area contributed by atoms with Crippen LogP contribution in [0.25, 0.3) is 11.3 Å². The molecule has 1 aliphatic heterocycles. The molecule has 0 bridgehead atoms. The Balaban J connectivity index is 1.35. The normalized spacial score (nSPS) is 16.7. The third-order valence-corrected chi connectivity index (χ3v) is 6.39. The molecule has 3 aromatic rings. The quantitative estimate of drug-likeness (QED) is 0.645. The number of hydrogen-bond acceptors (Lipinski definition) is 5. The van der Waals surface area contributed by atoms with E-state index in [-0.39, 0.29) is 16.8 Å². The van der Waals surface area contributed by atoms with Crippen LogP contribution in [-0.4, -0.2) is 53.9 Å². The number of likely N-dealkylation sites (tertiary alicyclic amines) is 1. The van der Waals surface area contributed by atoms with Gasteiger partial charge in [0.15, 0.2) is 0 Å². The molecule has 1 N–H and O–H groups in total. The Morgan fingerprint density at radius 2 is 1.97 bits per heavy atom. The van der Waals surface area contributed by atoms with Gasteiger partial charge in [-0.05, 0) is 24.6 Å². The number of carbonyl (C=O) groups excluding carboxylic acids is 1. The third kappa shape index (κ3) is 4.39. The second kappa shape index (κ2) is 8.33. The summed E-state index contributed by atoms with van der Waals surface area (Å²) < 4.78 is 41.8. The van der Waals surface area contributed by atoms with Gasteiger partial charge in [-0.2, -0.15) is 0 Å². The average molecular weight is 429 g/mol. The van der Waals surface area contributed by atoms with E-state index in [1.807, 2.05) is 36.5 Å². The van der Waals surface area contributed by atoms with Gasteiger partial charge in [0.25, 0.3) is 0 Å². The van der Waals surface area contributed by atoms with Crippen LogP contribution in [0.1, 0.15) is 12.5 Å². The first-order valence-electron chi connectivity index (χ1n) is 9.43. The van der Waals surface area contributed by atoms with E-state index in [4.69, 9.17) is 0 Å². The van der Waals surface area contributed by atoms with E-state index in [0.29, 0.717) is 19.5 Å². The fourth-order valence-electron chi connectivity index (χ4n) is 3.37. The summed E-state index contributed by atoms with van der Waals surface area (Å²) in [6.45, 7) is 0.516. The van der Waals surface area contributed by atoms with Crippen molar-refractivity contribution in [2.75, 3.05) is 19.6 Å². The summed E-state index contributed by atoms with van der Waals surface area (Å²) in [6, 6.07) is 14.3. The third-order valence-electron chi connectivity index (χ3n) is 4.99. The highest BCUT2D eigenvalue weighted by atomic mass is 32.2. The van der Waals surface area contributed by atoms with Gasteiger partial charge in [0, 0.05) is 18.7 Å². The zero-order valence-electron chi connectivity index (χ0n) is 16.0. The molecule has 0 radical (unpaired) electrons. The molecule has 1 saturated heterocycles. The number of carbonyl (C=O) groups is 1. The SMILES string of the molecule is O=C(CNS(=O)(=O)c1cccc(F)c1)N1CC[C@@H](n2cc(-c3ccccc3)nn2)C1. The van der Waals surface area contributed by atoms with E-state index in [1.165, 1.54) is 12.1 Å². The molecule has 1 fully saturated rings. The van der Waals surface area contributed by atoms with Gasteiger partial charge in [0.05, 0.1) is 23.7 Å². The van der Waals surface area contributed by atoms with Crippen LogP contribution in [-0.2, 0) is 14.8 Å². The number of hydrogen-bond donors (Lipinski definition) is 1. The first-order valence-corrected chi connectivity index (χ1v) is 10.9. The number of benzene rings is 2. The highest BCUT2D eigenvalue weighted by molar-refractivity contribution is 7.89. The number of amides is 1. The number of nitrogens with zero attached hydrogens (tertiary/aromatic N) is 4. The lowest BCUT2D eigenvalue weighted by Crippen LogP contribution is -2.39. The molecule has 2 aromatic carbocycles. The molecule has 0 spiro atoms. The fourth-order valence-corrected chi connectivity index (χ4v) is 4.37. The minimum absolute atomic E-state index is 0.0289. The molecule has 4 rings (SSSR count). The van der Waals surface area contributed by atoms with Crippen molar-refractivity contribution in [1.82, 2.24) is 24.6 Å². The fraction of sp³-hybridized carbons (Fsp3) is 0.250. The van der Waals surface area contributed by atoms with Crippen molar-refractivity contribution >= 4 is 15.9 Å². The van der Waals surface area contributed by atoms with Crippen LogP contribution in [0.15, 0.2) is 65.7 Å². The first-order chi connectivity index (χ1) is 14.4. The van der Waals surface area contributed by atoms with Crippen molar-refractivity contribution in [2.45, 2.75) is 17.4 Å². The maximum atomic E-state index is 13.3. The summed E-state index contributed by atoms with van der Waals surface area (Å²) >= 11 is 0. The van der Waals surface area contributed by atoms with E-state index in [1.54, 1.807) is 9.58 Å². The number of rotatable bonds is 6. The Morgan fingerprint density at radius 1 is 1.17 bits per heavy atom. The largest absolute Gasteiger partial charge is 0.339 e. The maximum Gasteiger partial charge on any atom is 0.241 e. The van der Waals surface area contributed by atoms with Gasteiger partial charge in [0.1, 0.15) is 11.5 Å². The smallest absolute Gasteiger partial charge is 0.241 e. The van der Waals surface area contributed by atoms with Crippen molar-refractivity contribution < 1.29 is 17.6 Å². The van der Waals surface area contributed by atoms with E-state index in [9.17, 15) is 17.6 Å². The van der Waals surface area contributed by atoms with Crippen molar-refractivity contribution in [3.8, 4) is 11.3 Å². The van der Waals surface area contributed by atoms with Gasteiger partial charge >= 0.3 is 0 Å². The molecule has 30 heavy (non-hydrogen) atoms. The molecule has 2 heterocycles. The average Bonchev–Trinajstić information content (AvgIpc) is 3.42. The highest BCUT2D eigenvalue weighted by Gasteiger charge is 2.29. The van der Waals surface area contributed by atoms with Crippen LogP contribution >= 0.6 is 0 Å². The Hall–Kier alpha value is -3.11. The Labute approximate surface area is 173 Å². The molecule has 0 unspecified atom stereocenters. The molecular formula is C20H20FN5O3S. The summed E-state index contributed by atoms with van der Waals surface area (Å²) in [5.74, 6) is -1.00. The minimum atomic E-state index is -3.97. The van der Waals surface area contributed by atoms with Gasteiger partial charge in [-0.15, -0.1) is 5.10 Å². The van der Waals surface area contributed by atoms with E-state index < -0.39 is 22.4 Å². The molecule has 1 aliphatic rings. The Kier molecular flexibility index (Phi) is 5.60. The van der Waals surface area contributed by atoms with Gasteiger partial charge in [-0.3, -0.25) is 4.79 Å². The Morgan fingerprint density at radius 3 is 2.73 bits per heavy atom. The van der Waals surface area contributed by atoms with Crippen LogP contribution in [0.2, 0.25) is 0 Å². The molecule has 1 atom stereocenters. The van der Waals surface area contributed by atoms with E-state index in [0.717, 1.165) is 23.4 Å². The summed E-state index contributed by atoms with van der Waals surface area (Å²) in [5, 5.41) is 8.38. The number of halogens is 1. The maximum absolute atomic E-state index is 13.3. The topological polar surface area (TPSA) is 97.2 Å². The van der Waals surface area contributed by atoms with Gasteiger partial charge < -0.3 is 4.90 Å². The predicted molar refractivity (Wildman–Crippen MR) is 107 cm³/mol. The van der Waals surface area contributed by atoms with Crippen LogP contribution in [0.5, 0.6) is 0 Å². The van der Waals surface area contributed by atoms with Crippen LogP contribution in [0.4, 0.5) is 4.39 Å². The summed E-state index contributed by atoms with van der Waals surface area (Å²) in [5.41, 5.74) is 1.71. The summed E-state index contributed by atoms with van der Waals surface area (Å²) in [6.07, 6.45) is 2.54. The van der Waals surface area contributed by atoms with E-state index >= 15 is 0 Å². The van der Waals surface area contributed by atoms with E-state index in [2.05, 4.69) is 15.0 Å². The van der Waals surface area contributed by atoms with Crippen LogP contribution < -0.4 is 4.72 Å². The van der Waals surface area contributed by atoms with Crippen molar-refractivity contribution in [3.63, 3.8) is 0 Å². The molecule has 0 saturated carbocycles. The van der Waals surface area contributed by atoms with Crippen LogP contribution in [0.3, 0.4) is 0 Å². The first kappa shape index (κ1) is 20.2. The number of nitrogens with one attached hydrogen (secondary N) is 1. The molecular weight excluding hydrogens is 409 g/mol. The second-order valence-corrected chi connectivity index (χ2v) is 8.78.